The van der Waals surface area contributed by atoms with Gasteiger partial charge in [0.25, 0.3) is 5.91 Å². The fourth-order valence-corrected chi connectivity index (χ4v) is 5.75. The van der Waals surface area contributed by atoms with Crippen LogP contribution >= 0.6 is 0 Å². The van der Waals surface area contributed by atoms with E-state index in [9.17, 15) is 13.6 Å². The minimum Gasteiger partial charge on any atom is -0.327 e. The highest BCUT2D eigenvalue weighted by molar-refractivity contribution is 5.96. The minimum absolute atomic E-state index is 0.0113. The van der Waals surface area contributed by atoms with E-state index in [4.69, 9.17) is 5.10 Å². The van der Waals surface area contributed by atoms with Crippen molar-refractivity contribution < 1.29 is 13.6 Å². The topological polar surface area (TPSA) is 56.0 Å². The van der Waals surface area contributed by atoms with E-state index in [0.29, 0.717) is 17.5 Å². The van der Waals surface area contributed by atoms with Gasteiger partial charge in [0, 0.05) is 54.7 Å². The zero-order chi connectivity index (χ0) is 24.3. The van der Waals surface area contributed by atoms with Crippen LogP contribution in [0.25, 0.3) is 22.4 Å². The standard InChI is InChI=1S/C27H25F2N5O/c1-32-15-19(14-30-32)16-5-3-6-17(9-16)27(35)34-22-7-4-8-24(34)25-23(13-22)26(33(2)31-25)18-10-20(28)12-21(29)11-18/h3,5-6,9-12,14-15,22,24H,4,7-8,13H2,1-2H3. The van der Waals surface area contributed by atoms with E-state index in [1.165, 1.54) is 12.1 Å². The number of piperidine rings is 1. The van der Waals surface area contributed by atoms with Crippen LogP contribution in [0.2, 0.25) is 0 Å². The number of nitrogens with zero attached hydrogens (tertiary/aromatic N) is 5. The van der Waals surface area contributed by atoms with Gasteiger partial charge in [-0.25, -0.2) is 8.78 Å². The number of fused-ring (bicyclic) bond motifs is 4. The second-order valence-electron chi connectivity index (χ2n) is 9.49. The van der Waals surface area contributed by atoms with Gasteiger partial charge in [0.2, 0.25) is 0 Å². The third-order valence-corrected chi connectivity index (χ3v) is 7.19. The summed E-state index contributed by atoms with van der Waals surface area (Å²) in [6.07, 6.45) is 7.03. The van der Waals surface area contributed by atoms with Crippen LogP contribution in [-0.2, 0) is 20.5 Å². The molecule has 2 aliphatic heterocycles. The first kappa shape index (κ1) is 21.7. The number of aryl methyl sites for hydroxylation is 2. The molecule has 2 aromatic heterocycles. The normalized spacial score (nSPS) is 19.0. The molecule has 2 atom stereocenters. The summed E-state index contributed by atoms with van der Waals surface area (Å²) in [5.41, 5.74) is 5.55. The Morgan fingerprint density at radius 2 is 1.80 bits per heavy atom. The van der Waals surface area contributed by atoms with E-state index in [1.807, 2.05) is 42.4 Å². The van der Waals surface area contributed by atoms with Gasteiger partial charge in [0.15, 0.2) is 0 Å². The number of amides is 1. The summed E-state index contributed by atoms with van der Waals surface area (Å²) in [6, 6.07) is 11.1. The number of aromatic nitrogens is 4. The maximum atomic E-state index is 14.0. The Kier molecular flexibility index (Phi) is 5.05. The van der Waals surface area contributed by atoms with Crippen molar-refractivity contribution in [2.45, 2.75) is 37.8 Å². The number of hydrogen-bond donors (Lipinski definition) is 0. The summed E-state index contributed by atoms with van der Waals surface area (Å²) >= 11 is 0. The molecule has 6 nitrogen and oxygen atoms in total. The van der Waals surface area contributed by atoms with Gasteiger partial charge in [-0.3, -0.25) is 14.2 Å². The molecule has 4 heterocycles. The summed E-state index contributed by atoms with van der Waals surface area (Å²) in [7, 11) is 3.66. The molecule has 2 aromatic carbocycles. The van der Waals surface area contributed by atoms with Crippen molar-refractivity contribution in [2.24, 2.45) is 14.1 Å². The minimum atomic E-state index is -0.615. The van der Waals surface area contributed by atoms with Crippen molar-refractivity contribution in [3.63, 3.8) is 0 Å². The molecular formula is C27H25F2N5O. The van der Waals surface area contributed by atoms with Crippen LogP contribution in [0.1, 0.15) is 46.9 Å². The third kappa shape index (κ3) is 3.64. The van der Waals surface area contributed by atoms with Crippen molar-refractivity contribution in [1.82, 2.24) is 24.5 Å². The lowest BCUT2D eigenvalue weighted by Gasteiger charge is -2.45. The van der Waals surface area contributed by atoms with E-state index < -0.39 is 11.6 Å². The van der Waals surface area contributed by atoms with Gasteiger partial charge in [0.05, 0.1) is 23.6 Å². The van der Waals surface area contributed by atoms with Gasteiger partial charge in [-0.1, -0.05) is 12.1 Å². The first-order chi connectivity index (χ1) is 16.9. The number of carbonyl (C=O) groups excluding carboxylic acids is 1. The highest BCUT2D eigenvalue weighted by atomic mass is 19.1. The quantitative estimate of drug-likeness (QED) is 0.418. The Hall–Kier alpha value is -3.81. The lowest BCUT2D eigenvalue weighted by molar-refractivity contribution is 0.0392. The number of rotatable bonds is 3. The summed E-state index contributed by atoms with van der Waals surface area (Å²) in [5.74, 6) is -1.24. The average molecular weight is 474 g/mol. The fraction of sp³-hybridized carbons (Fsp3) is 0.296. The molecule has 0 aliphatic carbocycles. The van der Waals surface area contributed by atoms with E-state index in [2.05, 4.69) is 5.10 Å². The molecule has 2 aliphatic rings. The van der Waals surface area contributed by atoms with Crippen LogP contribution in [0.3, 0.4) is 0 Å². The molecule has 1 fully saturated rings. The second kappa shape index (κ2) is 8.15. The average Bonchev–Trinajstić information content (AvgIpc) is 3.40. The molecule has 4 aromatic rings. The molecule has 2 unspecified atom stereocenters. The summed E-state index contributed by atoms with van der Waals surface area (Å²) in [6.45, 7) is 0. The van der Waals surface area contributed by atoms with Crippen LogP contribution in [0.5, 0.6) is 0 Å². The molecule has 0 spiro atoms. The largest absolute Gasteiger partial charge is 0.327 e. The third-order valence-electron chi connectivity index (χ3n) is 7.19. The van der Waals surface area contributed by atoms with Crippen molar-refractivity contribution in [3.8, 4) is 22.4 Å². The Bertz CT molecular complexity index is 1440. The van der Waals surface area contributed by atoms with Crippen LogP contribution < -0.4 is 0 Å². The van der Waals surface area contributed by atoms with Crippen molar-refractivity contribution in [1.29, 1.82) is 0 Å². The van der Waals surface area contributed by atoms with Crippen LogP contribution in [0.4, 0.5) is 8.78 Å². The zero-order valence-electron chi connectivity index (χ0n) is 19.6. The van der Waals surface area contributed by atoms with Crippen LogP contribution in [-0.4, -0.2) is 36.4 Å². The lowest BCUT2D eigenvalue weighted by Crippen LogP contribution is -2.49. The molecular weight excluding hydrogens is 448 g/mol. The van der Waals surface area contributed by atoms with Gasteiger partial charge in [0.1, 0.15) is 11.6 Å². The Morgan fingerprint density at radius 3 is 2.54 bits per heavy atom. The number of benzene rings is 2. The van der Waals surface area contributed by atoms with Crippen molar-refractivity contribution >= 4 is 5.91 Å². The smallest absolute Gasteiger partial charge is 0.254 e. The fourth-order valence-electron chi connectivity index (χ4n) is 5.75. The first-order valence-corrected chi connectivity index (χ1v) is 11.8. The molecule has 178 valence electrons. The zero-order valence-corrected chi connectivity index (χ0v) is 19.6. The molecule has 6 rings (SSSR count). The molecule has 0 saturated carbocycles. The SMILES string of the molecule is Cn1cc(-c2cccc(C(=O)N3C4CCCC3c3nn(C)c(-c5cc(F)cc(F)c5)c3C4)c2)cn1. The Balaban J connectivity index is 1.39. The molecule has 8 heteroatoms. The van der Waals surface area contributed by atoms with Crippen LogP contribution in [0, 0.1) is 11.6 Å². The maximum Gasteiger partial charge on any atom is 0.254 e. The molecule has 1 amide bonds. The summed E-state index contributed by atoms with van der Waals surface area (Å²) < 4.78 is 31.4. The first-order valence-electron chi connectivity index (χ1n) is 11.8. The van der Waals surface area contributed by atoms with Crippen LogP contribution in [0.15, 0.2) is 54.9 Å². The monoisotopic (exact) mass is 473 g/mol. The Morgan fingerprint density at radius 1 is 1.00 bits per heavy atom. The Labute approximate surface area is 201 Å². The molecule has 0 radical (unpaired) electrons. The van der Waals surface area contributed by atoms with Gasteiger partial charge in [-0.2, -0.15) is 10.2 Å². The summed E-state index contributed by atoms with van der Waals surface area (Å²) in [5, 5.41) is 9.01. The highest BCUT2D eigenvalue weighted by Gasteiger charge is 2.43. The van der Waals surface area contributed by atoms with Gasteiger partial charge in [-0.15, -0.1) is 0 Å². The van der Waals surface area contributed by atoms with Gasteiger partial charge in [-0.05, 0) is 55.5 Å². The van der Waals surface area contributed by atoms with Crippen molar-refractivity contribution in [2.75, 3.05) is 0 Å². The van der Waals surface area contributed by atoms with Gasteiger partial charge < -0.3 is 4.90 Å². The molecule has 1 saturated heterocycles. The van der Waals surface area contributed by atoms with E-state index >= 15 is 0 Å². The number of halogens is 2. The molecule has 2 bridgehead atoms. The predicted molar refractivity (Wildman–Crippen MR) is 127 cm³/mol. The second-order valence-corrected chi connectivity index (χ2v) is 9.49. The van der Waals surface area contributed by atoms with E-state index in [1.54, 1.807) is 22.6 Å². The highest BCUT2D eigenvalue weighted by Crippen LogP contribution is 2.45. The van der Waals surface area contributed by atoms with E-state index in [-0.39, 0.29) is 18.0 Å². The van der Waals surface area contributed by atoms with Crippen molar-refractivity contribution in [3.05, 3.63) is 83.3 Å². The molecule has 0 N–H and O–H groups in total. The predicted octanol–water partition coefficient (Wildman–Crippen LogP) is 5.06. The number of carbonyl (C=O) groups is 1. The maximum absolute atomic E-state index is 14.0. The van der Waals surface area contributed by atoms with E-state index in [0.717, 1.165) is 53.4 Å². The van der Waals surface area contributed by atoms with Gasteiger partial charge >= 0.3 is 0 Å². The molecule has 35 heavy (non-hydrogen) atoms. The number of hydrogen-bond acceptors (Lipinski definition) is 3. The summed E-state index contributed by atoms with van der Waals surface area (Å²) in [4.78, 5) is 15.8. The lowest BCUT2D eigenvalue weighted by atomic mass is 9.81.